The van der Waals surface area contributed by atoms with Crippen molar-refractivity contribution in [3.05, 3.63) is 72.1 Å². The van der Waals surface area contributed by atoms with Crippen LogP contribution in [0, 0.1) is 0 Å². The number of aromatic amines is 1. The summed E-state index contributed by atoms with van der Waals surface area (Å²) in [5.74, 6) is 1.97. The van der Waals surface area contributed by atoms with Gasteiger partial charge in [0, 0.05) is 6.42 Å². The molecule has 0 amide bonds. The van der Waals surface area contributed by atoms with Crippen LogP contribution in [0.4, 0.5) is 0 Å². The van der Waals surface area contributed by atoms with Crippen LogP contribution in [0.3, 0.4) is 0 Å². The second-order valence-electron chi connectivity index (χ2n) is 6.10. The number of fused-ring (bicyclic) bond motifs is 2. The zero-order valence-corrected chi connectivity index (χ0v) is 13.8. The Kier molecular flexibility index (Phi) is 3.91. The van der Waals surface area contributed by atoms with Crippen molar-refractivity contribution in [3.8, 4) is 5.75 Å². The SMILES string of the molecule is COc1ccc(CCCc2nc3cc4ccccc4cc3[nH]2)cc1. The number of rotatable bonds is 5. The molecule has 1 aromatic heterocycles. The first-order chi connectivity index (χ1) is 11.8. The van der Waals surface area contributed by atoms with Gasteiger partial charge in [0.2, 0.25) is 0 Å². The Morgan fingerprint density at radius 1 is 0.917 bits per heavy atom. The van der Waals surface area contributed by atoms with E-state index in [1.807, 2.05) is 12.1 Å². The molecule has 1 N–H and O–H groups in total. The van der Waals surface area contributed by atoms with Crippen molar-refractivity contribution in [2.75, 3.05) is 7.11 Å². The average molecular weight is 316 g/mol. The number of nitrogens with zero attached hydrogens (tertiary/aromatic N) is 1. The number of ether oxygens (including phenoxy) is 1. The third-order valence-corrected chi connectivity index (χ3v) is 4.44. The molecule has 0 aliphatic carbocycles. The minimum Gasteiger partial charge on any atom is -0.497 e. The molecule has 0 saturated heterocycles. The number of methoxy groups -OCH3 is 1. The van der Waals surface area contributed by atoms with E-state index in [-0.39, 0.29) is 0 Å². The highest BCUT2D eigenvalue weighted by molar-refractivity contribution is 5.95. The van der Waals surface area contributed by atoms with Gasteiger partial charge in [-0.3, -0.25) is 0 Å². The summed E-state index contributed by atoms with van der Waals surface area (Å²) in [5.41, 5.74) is 3.50. The smallest absolute Gasteiger partial charge is 0.118 e. The molecule has 3 aromatic carbocycles. The number of aromatic nitrogens is 2. The van der Waals surface area contributed by atoms with Crippen LogP contribution < -0.4 is 4.74 Å². The quantitative estimate of drug-likeness (QED) is 0.568. The van der Waals surface area contributed by atoms with Gasteiger partial charge in [-0.05, 0) is 53.4 Å². The number of nitrogens with one attached hydrogen (secondary N) is 1. The van der Waals surface area contributed by atoms with Crippen molar-refractivity contribution in [1.82, 2.24) is 9.97 Å². The Balaban J connectivity index is 1.46. The highest BCUT2D eigenvalue weighted by Crippen LogP contribution is 2.21. The van der Waals surface area contributed by atoms with Gasteiger partial charge in [0.1, 0.15) is 11.6 Å². The van der Waals surface area contributed by atoms with Crippen LogP contribution in [-0.4, -0.2) is 17.1 Å². The molecule has 0 saturated carbocycles. The van der Waals surface area contributed by atoms with Crippen molar-refractivity contribution >= 4 is 21.8 Å². The Labute approximate surface area is 141 Å². The van der Waals surface area contributed by atoms with Crippen molar-refractivity contribution in [3.63, 3.8) is 0 Å². The van der Waals surface area contributed by atoms with Crippen LogP contribution >= 0.6 is 0 Å². The number of hydrogen-bond donors (Lipinski definition) is 1. The summed E-state index contributed by atoms with van der Waals surface area (Å²) in [7, 11) is 1.69. The molecule has 3 nitrogen and oxygen atoms in total. The molecular weight excluding hydrogens is 296 g/mol. The first kappa shape index (κ1) is 14.8. The second-order valence-corrected chi connectivity index (χ2v) is 6.10. The molecule has 1 heterocycles. The van der Waals surface area contributed by atoms with Gasteiger partial charge in [0.25, 0.3) is 0 Å². The third-order valence-electron chi connectivity index (χ3n) is 4.44. The van der Waals surface area contributed by atoms with Crippen molar-refractivity contribution in [1.29, 1.82) is 0 Å². The van der Waals surface area contributed by atoms with E-state index in [0.717, 1.165) is 41.9 Å². The minimum atomic E-state index is 0.906. The van der Waals surface area contributed by atoms with Crippen LogP contribution in [-0.2, 0) is 12.8 Å². The largest absolute Gasteiger partial charge is 0.497 e. The van der Waals surface area contributed by atoms with Crippen LogP contribution in [0.2, 0.25) is 0 Å². The van der Waals surface area contributed by atoms with Crippen LogP contribution in [0.15, 0.2) is 60.7 Å². The van der Waals surface area contributed by atoms with Gasteiger partial charge < -0.3 is 9.72 Å². The van der Waals surface area contributed by atoms with E-state index in [1.165, 1.54) is 16.3 Å². The van der Waals surface area contributed by atoms with Crippen LogP contribution in [0.5, 0.6) is 5.75 Å². The molecule has 0 aliphatic rings. The first-order valence-electron chi connectivity index (χ1n) is 8.32. The van der Waals surface area contributed by atoms with E-state index in [9.17, 15) is 0 Å². The fourth-order valence-electron chi connectivity index (χ4n) is 3.12. The lowest BCUT2D eigenvalue weighted by Gasteiger charge is -2.02. The number of hydrogen-bond acceptors (Lipinski definition) is 2. The Morgan fingerprint density at radius 2 is 1.67 bits per heavy atom. The highest BCUT2D eigenvalue weighted by Gasteiger charge is 2.05. The summed E-state index contributed by atoms with van der Waals surface area (Å²) in [4.78, 5) is 8.21. The Bertz CT molecular complexity index is 918. The summed E-state index contributed by atoms with van der Waals surface area (Å²) in [6.07, 6.45) is 3.08. The summed E-state index contributed by atoms with van der Waals surface area (Å²) in [5, 5.41) is 2.49. The Hall–Kier alpha value is -2.81. The van der Waals surface area contributed by atoms with E-state index < -0.39 is 0 Å². The predicted molar refractivity (Wildman–Crippen MR) is 98.6 cm³/mol. The molecule has 0 fully saturated rings. The monoisotopic (exact) mass is 316 g/mol. The van der Waals surface area contributed by atoms with Gasteiger partial charge >= 0.3 is 0 Å². The summed E-state index contributed by atoms with van der Waals surface area (Å²) >= 11 is 0. The lowest BCUT2D eigenvalue weighted by Crippen LogP contribution is -1.92. The van der Waals surface area contributed by atoms with Gasteiger partial charge in [-0.25, -0.2) is 4.98 Å². The molecule has 120 valence electrons. The fraction of sp³-hybridized carbons (Fsp3) is 0.190. The molecule has 0 spiro atoms. The molecule has 0 aliphatic heterocycles. The third kappa shape index (κ3) is 2.98. The van der Waals surface area contributed by atoms with Crippen molar-refractivity contribution in [2.24, 2.45) is 0 Å². The Morgan fingerprint density at radius 3 is 2.42 bits per heavy atom. The standard InChI is InChI=1S/C21H20N2O/c1-24-18-11-9-15(10-12-18)5-4-8-21-22-19-13-16-6-2-3-7-17(16)14-20(19)23-21/h2-3,6-7,9-14H,4-5,8H2,1H3,(H,22,23). The van der Waals surface area contributed by atoms with Crippen LogP contribution in [0.25, 0.3) is 21.8 Å². The molecule has 0 radical (unpaired) electrons. The fourth-order valence-corrected chi connectivity index (χ4v) is 3.12. The number of benzene rings is 3. The molecule has 24 heavy (non-hydrogen) atoms. The topological polar surface area (TPSA) is 37.9 Å². The summed E-state index contributed by atoms with van der Waals surface area (Å²) in [6.45, 7) is 0. The van der Waals surface area contributed by atoms with Crippen molar-refractivity contribution in [2.45, 2.75) is 19.3 Å². The van der Waals surface area contributed by atoms with E-state index in [0.29, 0.717) is 0 Å². The molecule has 4 rings (SSSR count). The summed E-state index contributed by atoms with van der Waals surface area (Å²) < 4.78 is 5.19. The molecular formula is C21H20N2O. The maximum atomic E-state index is 5.19. The van der Waals surface area contributed by atoms with Gasteiger partial charge in [0.05, 0.1) is 18.1 Å². The zero-order chi connectivity index (χ0) is 16.4. The highest BCUT2D eigenvalue weighted by atomic mass is 16.5. The lowest BCUT2D eigenvalue weighted by molar-refractivity contribution is 0.414. The van der Waals surface area contributed by atoms with E-state index in [4.69, 9.17) is 9.72 Å². The molecule has 4 aromatic rings. The van der Waals surface area contributed by atoms with E-state index in [2.05, 4.69) is 53.5 Å². The number of aryl methyl sites for hydroxylation is 2. The average Bonchev–Trinajstić information content (AvgIpc) is 3.01. The normalized spacial score (nSPS) is 11.2. The van der Waals surface area contributed by atoms with E-state index in [1.54, 1.807) is 7.11 Å². The van der Waals surface area contributed by atoms with Gasteiger partial charge in [-0.2, -0.15) is 0 Å². The lowest BCUT2D eigenvalue weighted by atomic mass is 10.1. The minimum absolute atomic E-state index is 0.906. The second kappa shape index (κ2) is 6.36. The first-order valence-corrected chi connectivity index (χ1v) is 8.32. The summed E-state index contributed by atoms with van der Waals surface area (Å²) in [6, 6.07) is 21.0. The van der Waals surface area contributed by atoms with Gasteiger partial charge in [-0.1, -0.05) is 36.4 Å². The number of imidazole rings is 1. The van der Waals surface area contributed by atoms with Gasteiger partial charge in [-0.15, -0.1) is 0 Å². The molecule has 0 atom stereocenters. The maximum absolute atomic E-state index is 5.19. The van der Waals surface area contributed by atoms with E-state index >= 15 is 0 Å². The zero-order valence-electron chi connectivity index (χ0n) is 13.8. The molecule has 0 unspecified atom stereocenters. The van der Waals surface area contributed by atoms with Crippen molar-refractivity contribution < 1.29 is 4.74 Å². The molecule has 0 bridgehead atoms. The maximum Gasteiger partial charge on any atom is 0.118 e. The van der Waals surface area contributed by atoms with Crippen LogP contribution in [0.1, 0.15) is 17.8 Å². The molecule has 3 heteroatoms. The predicted octanol–water partition coefficient (Wildman–Crippen LogP) is 4.90. The number of H-pyrrole nitrogens is 1. The van der Waals surface area contributed by atoms with Gasteiger partial charge in [0.15, 0.2) is 0 Å².